The molecule has 0 saturated carbocycles. The van der Waals surface area contributed by atoms with E-state index < -0.39 is 11.8 Å². The molecule has 26 heavy (non-hydrogen) atoms. The van der Waals surface area contributed by atoms with Crippen LogP contribution in [-0.2, 0) is 13.1 Å². The van der Waals surface area contributed by atoms with Crippen molar-refractivity contribution in [3.05, 3.63) is 57.9 Å². The van der Waals surface area contributed by atoms with Crippen LogP contribution in [0.1, 0.15) is 4.88 Å². The summed E-state index contributed by atoms with van der Waals surface area (Å²) in [5.74, 6) is 0.195. The molecule has 11 heteroatoms. The van der Waals surface area contributed by atoms with Gasteiger partial charge in [0.2, 0.25) is 5.95 Å². The number of thiophene rings is 1. The van der Waals surface area contributed by atoms with Gasteiger partial charge < -0.3 is 11.5 Å². The molecule has 3 heterocycles. The highest BCUT2D eigenvalue weighted by Gasteiger charge is 2.12. The van der Waals surface area contributed by atoms with E-state index in [1.807, 2.05) is 12.1 Å². The van der Waals surface area contributed by atoms with E-state index in [0.29, 0.717) is 0 Å². The third-order valence-electron chi connectivity index (χ3n) is 3.60. The van der Waals surface area contributed by atoms with E-state index in [2.05, 4.69) is 15.1 Å². The van der Waals surface area contributed by atoms with Crippen molar-refractivity contribution in [2.75, 3.05) is 12.3 Å². The fraction of sp³-hybridized carbons (Fsp3) is 0.200. The molecule has 3 rings (SSSR count). The minimum atomic E-state index is -1.89. The van der Waals surface area contributed by atoms with E-state index in [9.17, 15) is 13.6 Å². The molecule has 0 atom stereocenters. The van der Waals surface area contributed by atoms with E-state index in [0.717, 1.165) is 20.0 Å². The maximum atomic E-state index is 12.7. The minimum Gasteiger partial charge on any atom is -0.368 e. The van der Waals surface area contributed by atoms with Crippen LogP contribution < -0.4 is 17.2 Å². The molecule has 0 aliphatic rings. The van der Waals surface area contributed by atoms with Crippen molar-refractivity contribution in [3.63, 3.8) is 0 Å². The van der Waals surface area contributed by atoms with Gasteiger partial charge in [-0.05, 0) is 12.1 Å². The Balaban J connectivity index is 1.77. The number of rotatable bonds is 6. The second-order valence-corrected chi connectivity index (χ2v) is 6.53. The van der Waals surface area contributed by atoms with Gasteiger partial charge in [0.25, 0.3) is 6.08 Å². The Labute approximate surface area is 150 Å². The molecule has 0 unspecified atom stereocenters. The van der Waals surface area contributed by atoms with Crippen molar-refractivity contribution in [3.8, 4) is 10.4 Å². The Morgan fingerprint density at radius 3 is 2.62 bits per heavy atom. The van der Waals surface area contributed by atoms with Gasteiger partial charge in [-0.1, -0.05) is 0 Å². The number of nitrogens with two attached hydrogens (primary N) is 2. The summed E-state index contributed by atoms with van der Waals surface area (Å²) in [7, 11) is 0. The fourth-order valence-electron chi connectivity index (χ4n) is 2.22. The molecule has 4 N–H and O–H groups in total. The summed E-state index contributed by atoms with van der Waals surface area (Å²) in [6, 6.07) is 3.75. The third kappa shape index (κ3) is 3.83. The topological polar surface area (TPSA) is 118 Å². The Kier molecular flexibility index (Phi) is 5.19. The van der Waals surface area contributed by atoms with Gasteiger partial charge in [-0.15, -0.1) is 11.3 Å². The summed E-state index contributed by atoms with van der Waals surface area (Å²) in [5.41, 5.74) is 10.7. The molecule has 0 aliphatic heterocycles. The summed E-state index contributed by atoms with van der Waals surface area (Å²) in [4.78, 5) is 22.0. The smallest absolute Gasteiger partial charge is 0.346 e. The monoisotopic (exact) mass is 379 g/mol. The summed E-state index contributed by atoms with van der Waals surface area (Å²) in [6.07, 6.45) is 2.67. The highest BCUT2D eigenvalue weighted by molar-refractivity contribution is 7.15. The van der Waals surface area contributed by atoms with Gasteiger partial charge in [-0.25, -0.2) is 19.4 Å². The van der Waals surface area contributed by atoms with Gasteiger partial charge in [-0.3, -0.25) is 4.57 Å². The Bertz CT molecular complexity index is 986. The van der Waals surface area contributed by atoms with Crippen molar-refractivity contribution in [2.45, 2.75) is 13.1 Å². The van der Waals surface area contributed by atoms with Crippen LogP contribution in [0.5, 0.6) is 0 Å². The fourth-order valence-corrected chi connectivity index (χ4v) is 3.20. The first-order chi connectivity index (χ1) is 12.5. The lowest BCUT2D eigenvalue weighted by atomic mass is 10.3. The lowest BCUT2D eigenvalue weighted by Gasteiger charge is -2.02. The van der Waals surface area contributed by atoms with Gasteiger partial charge in [0.1, 0.15) is 6.33 Å². The van der Waals surface area contributed by atoms with Crippen LogP contribution in [0.4, 0.5) is 14.7 Å². The molecule has 3 aromatic rings. The SMILES string of the molecule is NCC(Cn1ncn(Cc2ccc(-c3cnc(N)nc3)s2)c1=O)=C(F)F. The predicted octanol–water partition coefficient (Wildman–Crippen LogP) is 1.30. The molecule has 8 nitrogen and oxygen atoms in total. The van der Waals surface area contributed by atoms with Gasteiger partial charge in [0.15, 0.2) is 0 Å². The number of anilines is 1. The highest BCUT2D eigenvalue weighted by atomic mass is 32.1. The van der Waals surface area contributed by atoms with E-state index in [1.54, 1.807) is 12.4 Å². The van der Waals surface area contributed by atoms with Crippen molar-refractivity contribution in [1.29, 1.82) is 0 Å². The normalized spacial score (nSPS) is 10.9. The molecule has 0 aliphatic carbocycles. The van der Waals surface area contributed by atoms with Gasteiger partial charge in [0, 0.05) is 39.8 Å². The maximum absolute atomic E-state index is 12.7. The van der Waals surface area contributed by atoms with Gasteiger partial charge in [-0.2, -0.15) is 13.9 Å². The largest absolute Gasteiger partial charge is 0.368 e. The Morgan fingerprint density at radius 1 is 1.23 bits per heavy atom. The number of hydrogen-bond acceptors (Lipinski definition) is 7. The van der Waals surface area contributed by atoms with Crippen molar-refractivity contribution < 1.29 is 8.78 Å². The average Bonchev–Trinajstić information content (AvgIpc) is 3.22. The van der Waals surface area contributed by atoms with Gasteiger partial charge in [0.05, 0.1) is 13.1 Å². The first-order valence-corrected chi connectivity index (χ1v) is 8.31. The zero-order chi connectivity index (χ0) is 18.7. The molecule has 0 spiro atoms. The number of hydrogen-bond donors (Lipinski definition) is 2. The van der Waals surface area contributed by atoms with Crippen LogP contribution in [0.3, 0.4) is 0 Å². The highest BCUT2D eigenvalue weighted by Crippen LogP contribution is 2.27. The summed E-state index contributed by atoms with van der Waals surface area (Å²) >= 11 is 1.46. The summed E-state index contributed by atoms with van der Waals surface area (Å²) < 4.78 is 27.7. The molecule has 0 bridgehead atoms. The van der Waals surface area contributed by atoms with Crippen LogP contribution in [-0.4, -0.2) is 30.9 Å². The lowest BCUT2D eigenvalue weighted by Crippen LogP contribution is -2.27. The van der Waals surface area contributed by atoms with Crippen LogP contribution in [0.15, 0.2) is 47.3 Å². The second kappa shape index (κ2) is 7.54. The first kappa shape index (κ1) is 17.9. The van der Waals surface area contributed by atoms with Crippen LogP contribution in [0.25, 0.3) is 10.4 Å². The predicted molar refractivity (Wildman–Crippen MR) is 93.6 cm³/mol. The van der Waals surface area contributed by atoms with Crippen LogP contribution >= 0.6 is 11.3 Å². The summed E-state index contributed by atoms with van der Waals surface area (Å²) in [5, 5.41) is 3.87. The van der Waals surface area contributed by atoms with Crippen molar-refractivity contribution in [2.24, 2.45) is 5.73 Å². The zero-order valence-electron chi connectivity index (χ0n) is 13.5. The Hall–Kier alpha value is -2.92. The lowest BCUT2D eigenvalue weighted by molar-refractivity contribution is 0.400. The first-order valence-electron chi connectivity index (χ1n) is 7.50. The minimum absolute atomic E-state index is 0.195. The molecule has 0 fully saturated rings. The van der Waals surface area contributed by atoms with E-state index in [4.69, 9.17) is 11.5 Å². The van der Waals surface area contributed by atoms with Crippen LogP contribution in [0.2, 0.25) is 0 Å². The van der Waals surface area contributed by atoms with Crippen LogP contribution in [0, 0.1) is 0 Å². The molecule has 0 saturated heterocycles. The second-order valence-electron chi connectivity index (χ2n) is 5.36. The van der Waals surface area contributed by atoms with E-state index in [-0.39, 0.29) is 31.2 Å². The quantitative estimate of drug-likeness (QED) is 0.667. The molecule has 3 aromatic heterocycles. The Morgan fingerprint density at radius 2 is 1.96 bits per heavy atom. The maximum Gasteiger partial charge on any atom is 0.346 e. The number of nitrogen functional groups attached to an aromatic ring is 1. The molecule has 0 radical (unpaired) electrons. The molecule has 0 aromatic carbocycles. The number of nitrogens with zero attached hydrogens (tertiary/aromatic N) is 5. The standard InChI is InChI=1S/C15H15F2N7OS/c16-13(17)9(3-18)6-24-15(25)23(8-22-24)7-11-1-2-12(26-11)10-4-20-14(19)21-5-10/h1-2,4-5,8H,3,6-7,18H2,(H2,19,20,21). The third-order valence-corrected chi connectivity index (χ3v) is 4.71. The van der Waals surface area contributed by atoms with Crippen molar-refractivity contribution in [1.82, 2.24) is 24.3 Å². The van der Waals surface area contributed by atoms with Crippen molar-refractivity contribution >= 4 is 17.3 Å². The average molecular weight is 379 g/mol. The molecule has 0 amide bonds. The molecule has 136 valence electrons. The number of halogens is 2. The number of aromatic nitrogens is 5. The van der Waals surface area contributed by atoms with E-state index >= 15 is 0 Å². The van der Waals surface area contributed by atoms with Gasteiger partial charge >= 0.3 is 5.69 Å². The van der Waals surface area contributed by atoms with E-state index in [1.165, 1.54) is 22.2 Å². The molecular weight excluding hydrogens is 364 g/mol. The zero-order valence-corrected chi connectivity index (χ0v) is 14.3. The summed E-state index contributed by atoms with van der Waals surface area (Å²) in [6.45, 7) is -0.387. The molecular formula is C15H15F2N7OS.